The van der Waals surface area contributed by atoms with Gasteiger partial charge in [-0.05, 0) is 55.0 Å². The second kappa shape index (κ2) is 12.6. The van der Waals surface area contributed by atoms with Crippen molar-refractivity contribution in [1.29, 1.82) is 0 Å². The molecule has 2 saturated heterocycles. The number of hydrogen-bond acceptors (Lipinski definition) is 7. The zero-order valence-electron chi connectivity index (χ0n) is 24.1. The smallest absolute Gasteiger partial charge is 0.417 e. The molecular formula is C32H30F4N6O3. The fraction of sp³-hybridized carbons (Fsp3) is 0.312. The number of likely N-dealkylation sites (tertiary alicyclic amines) is 1. The van der Waals surface area contributed by atoms with Crippen molar-refractivity contribution in [2.75, 3.05) is 41.7 Å². The first kappa shape index (κ1) is 30.1. The summed E-state index contributed by atoms with van der Waals surface area (Å²) in [4.78, 5) is 36.7. The summed E-state index contributed by atoms with van der Waals surface area (Å²) in [5, 5.41) is 5.60. The van der Waals surface area contributed by atoms with Crippen molar-refractivity contribution in [1.82, 2.24) is 14.9 Å². The zero-order chi connectivity index (χ0) is 31.6. The van der Waals surface area contributed by atoms with E-state index in [2.05, 4.69) is 20.6 Å². The molecule has 45 heavy (non-hydrogen) atoms. The van der Waals surface area contributed by atoms with Gasteiger partial charge in [-0.3, -0.25) is 9.59 Å². The van der Waals surface area contributed by atoms with Gasteiger partial charge in [-0.15, -0.1) is 0 Å². The van der Waals surface area contributed by atoms with Crippen LogP contribution < -0.4 is 15.5 Å². The van der Waals surface area contributed by atoms with E-state index in [1.54, 1.807) is 21.9 Å². The van der Waals surface area contributed by atoms with Crippen LogP contribution in [0.3, 0.4) is 0 Å². The number of carbonyl (C=O) groups excluding carboxylic acids is 2. The Kier molecular flexibility index (Phi) is 8.42. The zero-order valence-corrected chi connectivity index (χ0v) is 24.1. The average Bonchev–Trinajstić information content (AvgIpc) is 3.71. The maximum atomic E-state index is 14.0. The third kappa shape index (κ3) is 6.76. The van der Waals surface area contributed by atoms with Gasteiger partial charge in [0.05, 0.1) is 17.4 Å². The van der Waals surface area contributed by atoms with Crippen LogP contribution in [0, 0.1) is 5.82 Å². The van der Waals surface area contributed by atoms with E-state index in [1.807, 2.05) is 30.3 Å². The lowest BCUT2D eigenvalue weighted by Gasteiger charge is -2.31. The highest BCUT2D eigenvalue weighted by Crippen LogP contribution is 2.36. The van der Waals surface area contributed by atoms with E-state index in [1.165, 1.54) is 36.0 Å². The number of halogens is 4. The number of carbonyl (C=O) groups is 2. The van der Waals surface area contributed by atoms with Crippen molar-refractivity contribution in [2.24, 2.45) is 0 Å². The molecule has 6 rings (SSSR count). The number of nitrogens with zero attached hydrogens (tertiary/aromatic N) is 4. The van der Waals surface area contributed by atoms with Gasteiger partial charge in [-0.25, -0.2) is 9.37 Å². The van der Waals surface area contributed by atoms with Gasteiger partial charge in [0.25, 0.3) is 17.8 Å². The maximum Gasteiger partial charge on any atom is 0.437 e. The number of benzene rings is 2. The van der Waals surface area contributed by atoms with Crippen LogP contribution in [0.1, 0.15) is 57.4 Å². The third-order valence-corrected chi connectivity index (χ3v) is 8.08. The van der Waals surface area contributed by atoms with Crippen LogP contribution in [0.25, 0.3) is 0 Å². The summed E-state index contributed by atoms with van der Waals surface area (Å²) in [5.41, 5.74) is -0.0442. The molecule has 4 aromatic rings. The Morgan fingerprint density at radius 3 is 2.33 bits per heavy atom. The molecule has 2 aliphatic heterocycles. The second-order valence-corrected chi connectivity index (χ2v) is 11.1. The SMILES string of the molecule is O=C(Nc1ccc(NC2CCN(C(=O)c3ccccc3F)C2)nc1)c1oc(N2CCC(c3ccccc3)CC2)nc1C(F)(F)F. The quantitative estimate of drug-likeness (QED) is 0.237. The van der Waals surface area contributed by atoms with E-state index in [-0.39, 0.29) is 29.2 Å². The minimum Gasteiger partial charge on any atom is -0.417 e. The lowest BCUT2D eigenvalue weighted by atomic mass is 9.90. The van der Waals surface area contributed by atoms with Crippen LogP contribution in [-0.2, 0) is 6.18 Å². The molecule has 2 amide bonds. The summed E-state index contributed by atoms with van der Waals surface area (Å²) in [6, 6.07) is 18.4. The Balaban J connectivity index is 1.07. The van der Waals surface area contributed by atoms with Crippen molar-refractivity contribution in [3.63, 3.8) is 0 Å². The van der Waals surface area contributed by atoms with Gasteiger partial charge in [-0.1, -0.05) is 42.5 Å². The molecule has 2 fully saturated rings. The second-order valence-electron chi connectivity index (χ2n) is 11.1. The summed E-state index contributed by atoms with van der Waals surface area (Å²) < 4.78 is 61.1. The van der Waals surface area contributed by atoms with Crippen LogP contribution in [-0.4, -0.2) is 58.9 Å². The lowest BCUT2D eigenvalue weighted by molar-refractivity contribution is -0.141. The number of piperidine rings is 1. The molecule has 0 saturated carbocycles. The van der Waals surface area contributed by atoms with E-state index < -0.39 is 35.3 Å². The topological polar surface area (TPSA) is 104 Å². The molecule has 1 atom stereocenters. The standard InChI is InChI=1S/C32H30F4N6O3/c33-25-9-5-4-8-24(25)30(44)42-17-14-23(19-42)38-26-11-10-22(18-37-26)39-29(43)27-28(32(34,35)36)40-31(45-27)41-15-12-21(13-16-41)20-6-2-1-3-7-20/h1-11,18,21,23H,12-17,19H2,(H,37,38)(H,39,43). The molecular weight excluding hydrogens is 592 g/mol. The minimum atomic E-state index is -4.90. The Hall–Kier alpha value is -4.94. The lowest BCUT2D eigenvalue weighted by Crippen LogP contribution is -2.33. The van der Waals surface area contributed by atoms with Crippen LogP contribution in [0.2, 0.25) is 0 Å². The molecule has 13 heteroatoms. The van der Waals surface area contributed by atoms with Gasteiger partial charge in [0, 0.05) is 32.2 Å². The molecule has 2 N–H and O–H groups in total. The van der Waals surface area contributed by atoms with Crippen molar-refractivity contribution < 1.29 is 31.6 Å². The van der Waals surface area contributed by atoms with Crippen LogP contribution >= 0.6 is 0 Å². The van der Waals surface area contributed by atoms with Crippen molar-refractivity contribution in [3.8, 4) is 0 Å². The van der Waals surface area contributed by atoms with Crippen LogP contribution in [0.5, 0.6) is 0 Å². The normalized spacial score (nSPS) is 17.4. The number of pyridine rings is 1. The van der Waals surface area contributed by atoms with Gasteiger partial charge < -0.3 is 24.9 Å². The predicted octanol–water partition coefficient (Wildman–Crippen LogP) is 6.19. The molecule has 9 nitrogen and oxygen atoms in total. The van der Waals surface area contributed by atoms with E-state index in [0.29, 0.717) is 51.3 Å². The number of nitrogens with one attached hydrogen (secondary N) is 2. The molecule has 234 valence electrons. The molecule has 0 bridgehead atoms. The molecule has 2 aromatic carbocycles. The molecule has 0 spiro atoms. The van der Waals surface area contributed by atoms with E-state index >= 15 is 0 Å². The molecule has 2 aromatic heterocycles. The average molecular weight is 623 g/mol. The number of alkyl halides is 3. The number of amides is 2. The number of aromatic nitrogens is 2. The molecule has 2 aliphatic rings. The number of oxazole rings is 1. The van der Waals surface area contributed by atoms with Crippen molar-refractivity contribution in [3.05, 3.63) is 101 Å². The highest BCUT2D eigenvalue weighted by molar-refractivity contribution is 6.03. The number of rotatable bonds is 7. The van der Waals surface area contributed by atoms with Crippen LogP contribution in [0.4, 0.5) is 35.1 Å². The summed E-state index contributed by atoms with van der Waals surface area (Å²) >= 11 is 0. The summed E-state index contributed by atoms with van der Waals surface area (Å²) in [6.45, 7) is 1.65. The van der Waals surface area contributed by atoms with Crippen molar-refractivity contribution >= 4 is 29.3 Å². The van der Waals surface area contributed by atoms with Gasteiger partial charge in [0.2, 0.25) is 5.76 Å². The first-order chi connectivity index (χ1) is 21.7. The van der Waals surface area contributed by atoms with E-state index in [0.717, 1.165) is 0 Å². The fourth-order valence-corrected chi connectivity index (χ4v) is 5.74. The van der Waals surface area contributed by atoms with Gasteiger partial charge in [0.1, 0.15) is 11.6 Å². The van der Waals surface area contributed by atoms with Crippen LogP contribution in [0.15, 0.2) is 77.3 Å². The Labute approximate surface area is 256 Å². The number of anilines is 3. The first-order valence-corrected chi connectivity index (χ1v) is 14.6. The predicted molar refractivity (Wildman–Crippen MR) is 159 cm³/mol. The van der Waals surface area contributed by atoms with Gasteiger partial charge in [-0.2, -0.15) is 18.2 Å². The molecule has 0 aliphatic carbocycles. The van der Waals surface area contributed by atoms with Gasteiger partial charge >= 0.3 is 6.18 Å². The highest BCUT2D eigenvalue weighted by atomic mass is 19.4. The summed E-state index contributed by atoms with van der Waals surface area (Å²) in [6.07, 6.45) is -1.56. The molecule has 0 radical (unpaired) electrons. The van der Waals surface area contributed by atoms with E-state index in [4.69, 9.17) is 4.42 Å². The Morgan fingerprint density at radius 2 is 1.64 bits per heavy atom. The number of hydrogen-bond donors (Lipinski definition) is 2. The maximum absolute atomic E-state index is 14.0. The third-order valence-electron chi connectivity index (χ3n) is 8.08. The minimum absolute atomic E-state index is 0.0107. The Bertz CT molecular complexity index is 1650. The fourth-order valence-electron chi connectivity index (χ4n) is 5.74. The summed E-state index contributed by atoms with van der Waals surface area (Å²) in [7, 11) is 0. The summed E-state index contributed by atoms with van der Waals surface area (Å²) in [5.74, 6) is -2.27. The van der Waals surface area contributed by atoms with Crippen molar-refractivity contribution in [2.45, 2.75) is 37.4 Å². The van der Waals surface area contributed by atoms with Gasteiger partial charge in [0.15, 0.2) is 5.69 Å². The molecule has 1 unspecified atom stereocenters. The first-order valence-electron chi connectivity index (χ1n) is 14.6. The Morgan fingerprint density at radius 1 is 0.911 bits per heavy atom. The largest absolute Gasteiger partial charge is 0.437 e. The molecule has 4 heterocycles. The highest BCUT2D eigenvalue weighted by Gasteiger charge is 2.42. The van der Waals surface area contributed by atoms with E-state index in [9.17, 15) is 27.2 Å². The monoisotopic (exact) mass is 622 g/mol.